The maximum atomic E-state index is 11.6. The number of hydrogen-bond acceptors (Lipinski definition) is 5. The summed E-state index contributed by atoms with van der Waals surface area (Å²) >= 11 is 0. The van der Waals surface area contributed by atoms with Gasteiger partial charge in [0, 0.05) is 26.2 Å². The van der Waals surface area contributed by atoms with Crippen LogP contribution in [0, 0.1) is 5.92 Å². The third kappa shape index (κ3) is 10.6. The summed E-state index contributed by atoms with van der Waals surface area (Å²) in [5.74, 6) is 0.521. The summed E-state index contributed by atoms with van der Waals surface area (Å²) in [6.07, 6.45) is 5.48. The Morgan fingerprint density at radius 3 is 2.15 bits per heavy atom. The average Bonchev–Trinajstić information content (AvgIpc) is 2.36. The first kappa shape index (κ1) is 18.6. The van der Waals surface area contributed by atoms with Crippen molar-refractivity contribution in [3.8, 4) is 0 Å². The van der Waals surface area contributed by atoms with E-state index in [1.165, 1.54) is 0 Å². The second-order valence-electron chi connectivity index (χ2n) is 6.03. The number of allylic oxidation sites excluding steroid dienone is 1. The second-order valence-corrected chi connectivity index (χ2v) is 6.03. The van der Waals surface area contributed by atoms with E-state index in [9.17, 15) is 9.59 Å². The molecular formula is C15H28N2O3. The van der Waals surface area contributed by atoms with Gasteiger partial charge in [-0.25, -0.2) is 0 Å². The number of piperidine rings is 1. The highest BCUT2D eigenvalue weighted by atomic mass is 16.5. The van der Waals surface area contributed by atoms with Crippen LogP contribution in [0.15, 0.2) is 12.3 Å². The van der Waals surface area contributed by atoms with Crippen molar-refractivity contribution in [3.05, 3.63) is 12.3 Å². The van der Waals surface area contributed by atoms with Crippen LogP contribution in [0.3, 0.4) is 0 Å². The van der Waals surface area contributed by atoms with Crippen LogP contribution in [-0.2, 0) is 14.3 Å². The van der Waals surface area contributed by atoms with Crippen LogP contribution in [0.1, 0.15) is 33.6 Å². The second kappa shape index (κ2) is 9.53. The van der Waals surface area contributed by atoms with Gasteiger partial charge in [0.05, 0.1) is 0 Å². The Hall–Kier alpha value is -1.36. The molecule has 0 spiro atoms. The molecule has 0 aliphatic carbocycles. The van der Waals surface area contributed by atoms with Gasteiger partial charge in [-0.3, -0.25) is 9.59 Å². The van der Waals surface area contributed by atoms with Crippen molar-refractivity contribution in [3.63, 3.8) is 0 Å². The lowest BCUT2D eigenvalue weighted by Crippen LogP contribution is -2.31. The van der Waals surface area contributed by atoms with Crippen molar-refractivity contribution in [1.82, 2.24) is 10.2 Å². The van der Waals surface area contributed by atoms with E-state index in [4.69, 9.17) is 0 Å². The Kier molecular flexibility index (Phi) is 8.88. The summed E-state index contributed by atoms with van der Waals surface area (Å²) in [5, 5.41) is 3.25. The number of ether oxygens (including phenoxy) is 1. The summed E-state index contributed by atoms with van der Waals surface area (Å²) in [6, 6.07) is 0. The predicted octanol–water partition coefficient (Wildman–Crippen LogP) is 1.59. The Labute approximate surface area is 122 Å². The quantitative estimate of drug-likeness (QED) is 0.627. The van der Waals surface area contributed by atoms with Gasteiger partial charge in [-0.05, 0) is 52.8 Å². The zero-order chi connectivity index (χ0) is 15.6. The summed E-state index contributed by atoms with van der Waals surface area (Å²) < 4.78 is 4.55. The summed E-state index contributed by atoms with van der Waals surface area (Å²) in [5.41, 5.74) is -0.318. The Morgan fingerprint density at radius 2 is 1.80 bits per heavy atom. The van der Waals surface area contributed by atoms with E-state index in [0.29, 0.717) is 6.47 Å². The average molecular weight is 284 g/mol. The van der Waals surface area contributed by atoms with Gasteiger partial charge in [-0.15, -0.1) is 0 Å². The van der Waals surface area contributed by atoms with E-state index in [1.807, 2.05) is 46.0 Å². The molecule has 5 heteroatoms. The minimum absolute atomic E-state index is 0.248. The third-order valence-corrected chi connectivity index (χ3v) is 2.68. The molecule has 20 heavy (non-hydrogen) atoms. The highest BCUT2D eigenvalue weighted by Crippen LogP contribution is 2.13. The Morgan fingerprint density at radius 1 is 1.25 bits per heavy atom. The number of rotatable bonds is 4. The molecule has 0 aromatic rings. The van der Waals surface area contributed by atoms with Gasteiger partial charge >= 0.3 is 0 Å². The first-order valence-corrected chi connectivity index (χ1v) is 6.97. The molecule has 0 atom stereocenters. The first-order chi connectivity index (χ1) is 9.26. The topological polar surface area (TPSA) is 58.6 Å². The predicted molar refractivity (Wildman–Crippen MR) is 80.3 cm³/mol. The lowest BCUT2D eigenvalue weighted by molar-refractivity contribution is -0.138. The van der Waals surface area contributed by atoms with E-state index in [1.54, 1.807) is 6.08 Å². The summed E-state index contributed by atoms with van der Waals surface area (Å²) in [4.78, 5) is 23.0. The van der Waals surface area contributed by atoms with E-state index >= 15 is 0 Å². The first-order valence-electron chi connectivity index (χ1n) is 6.97. The fourth-order valence-corrected chi connectivity index (χ4v) is 1.61. The van der Waals surface area contributed by atoms with Gasteiger partial charge in [0.2, 0.25) is 0 Å². The van der Waals surface area contributed by atoms with Crippen LogP contribution in [0.25, 0.3) is 0 Å². The smallest absolute Gasteiger partial charge is 0.293 e. The van der Waals surface area contributed by atoms with E-state index in [0.717, 1.165) is 25.9 Å². The zero-order valence-corrected chi connectivity index (χ0v) is 13.3. The molecular weight excluding hydrogens is 256 g/mol. The highest BCUT2D eigenvalue weighted by molar-refractivity contribution is 5.91. The third-order valence-electron chi connectivity index (χ3n) is 2.68. The number of carbonyl (C=O) groups is 2. The van der Waals surface area contributed by atoms with Crippen LogP contribution in [-0.4, -0.2) is 49.9 Å². The lowest BCUT2D eigenvalue weighted by Gasteiger charge is -2.20. The number of hydrogen-bond donors (Lipinski definition) is 1. The van der Waals surface area contributed by atoms with Crippen LogP contribution >= 0.6 is 0 Å². The van der Waals surface area contributed by atoms with Crippen molar-refractivity contribution in [2.24, 2.45) is 5.92 Å². The summed E-state index contributed by atoms with van der Waals surface area (Å²) in [7, 11) is 3.85. The molecule has 1 fully saturated rings. The molecule has 1 aliphatic rings. The van der Waals surface area contributed by atoms with Gasteiger partial charge in [-0.1, -0.05) is 0 Å². The Balaban J connectivity index is 0.000000441. The van der Waals surface area contributed by atoms with Gasteiger partial charge < -0.3 is 15.0 Å². The van der Waals surface area contributed by atoms with Crippen molar-refractivity contribution in [2.75, 3.05) is 27.2 Å². The molecule has 0 bridgehead atoms. The van der Waals surface area contributed by atoms with Crippen molar-refractivity contribution < 1.29 is 14.3 Å². The molecule has 0 radical (unpaired) electrons. The van der Waals surface area contributed by atoms with Crippen molar-refractivity contribution in [2.45, 2.75) is 39.2 Å². The van der Waals surface area contributed by atoms with Gasteiger partial charge in [0.1, 0.15) is 5.60 Å². The van der Waals surface area contributed by atoms with Crippen LogP contribution in [0.4, 0.5) is 0 Å². The maximum Gasteiger partial charge on any atom is 0.293 e. The molecule has 0 aromatic carbocycles. The van der Waals surface area contributed by atoms with Crippen molar-refractivity contribution >= 4 is 12.3 Å². The number of nitrogens with one attached hydrogen (secondary N) is 1. The number of nitrogens with zero attached hydrogens (tertiary/aromatic N) is 1. The number of ketones is 1. The van der Waals surface area contributed by atoms with E-state index < -0.39 is 0 Å². The molecule has 1 saturated heterocycles. The van der Waals surface area contributed by atoms with Crippen LogP contribution in [0.5, 0.6) is 0 Å². The van der Waals surface area contributed by atoms with Crippen LogP contribution in [0.2, 0.25) is 0 Å². The van der Waals surface area contributed by atoms with Gasteiger partial charge in [0.15, 0.2) is 5.78 Å². The lowest BCUT2D eigenvalue weighted by atomic mass is 9.93. The minimum Gasteiger partial charge on any atom is -0.462 e. The molecule has 0 amide bonds. The molecule has 1 heterocycles. The molecule has 116 valence electrons. The molecule has 1 rings (SSSR count). The highest BCUT2D eigenvalue weighted by Gasteiger charge is 2.18. The molecule has 1 aliphatic heterocycles. The maximum absolute atomic E-state index is 11.6. The zero-order valence-electron chi connectivity index (χ0n) is 13.3. The van der Waals surface area contributed by atoms with E-state index in [2.05, 4.69) is 10.1 Å². The minimum atomic E-state index is -0.318. The van der Waals surface area contributed by atoms with Crippen LogP contribution < -0.4 is 5.32 Å². The largest absolute Gasteiger partial charge is 0.462 e. The summed E-state index contributed by atoms with van der Waals surface area (Å²) in [6.45, 7) is 7.88. The molecule has 0 unspecified atom stereocenters. The van der Waals surface area contributed by atoms with Crippen molar-refractivity contribution in [1.29, 1.82) is 0 Å². The molecule has 5 nitrogen and oxygen atoms in total. The van der Waals surface area contributed by atoms with Gasteiger partial charge in [0.25, 0.3) is 6.47 Å². The SMILES string of the molecule is CC(C)(C)OC=O.CN(C)/C=C/C(=O)C1CCNCC1. The Bertz CT molecular complexity index is 314. The fraction of sp³-hybridized carbons (Fsp3) is 0.733. The molecule has 1 N–H and O–H groups in total. The fourth-order valence-electron chi connectivity index (χ4n) is 1.61. The normalized spacial score (nSPS) is 16.2. The van der Waals surface area contributed by atoms with Gasteiger partial charge in [-0.2, -0.15) is 0 Å². The standard InChI is InChI=1S/C10H18N2O.C5H10O2/c1-12(2)8-5-10(13)9-3-6-11-7-4-9;1-5(2,3)7-4-6/h5,8-9,11H,3-4,6-7H2,1-2H3;4H,1-3H3/b8-5+;. The molecule has 0 aromatic heterocycles. The number of carbonyl (C=O) groups excluding carboxylic acids is 2. The molecule has 0 saturated carbocycles. The monoisotopic (exact) mass is 284 g/mol. The van der Waals surface area contributed by atoms with E-state index in [-0.39, 0.29) is 17.3 Å².